The summed E-state index contributed by atoms with van der Waals surface area (Å²) in [4.78, 5) is 26.4. The Hall–Kier alpha value is -0.890. The summed E-state index contributed by atoms with van der Waals surface area (Å²) < 4.78 is 0. The van der Waals surface area contributed by atoms with Crippen molar-refractivity contribution in [3.63, 3.8) is 0 Å². The van der Waals surface area contributed by atoms with Crippen LogP contribution in [-0.4, -0.2) is 28.6 Å². The summed E-state index contributed by atoms with van der Waals surface area (Å²) >= 11 is 3.38. The average Bonchev–Trinajstić information content (AvgIpc) is 2.55. The zero-order valence-corrected chi connectivity index (χ0v) is 15.7. The van der Waals surface area contributed by atoms with Gasteiger partial charge >= 0.3 is 0 Å². The van der Waals surface area contributed by atoms with Crippen LogP contribution in [-0.2, 0) is 9.59 Å². The first kappa shape index (κ1) is 20.2. The van der Waals surface area contributed by atoms with Crippen molar-refractivity contribution in [1.29, 1.82) is 5.26 Å². The summed E-state index contributed by atoms with van der Waals surface area (Å²) in [6.45, 7) is 0.446. The number of amides is 2. The van der Waals surface area contributed by atoms with Crippen molar-refractivity contribution < 1.29 is 9.59 Å². The Morgan fingerprint density at radius 3 is 2.22 bits per heavy atom. The summed E-state index contributed by atoms with van der Waals surface area (Å²) in [6.07, 6.45) is 11.4. The second-order valence-corrected chi connectivity index (χ2v) is 7.12. The number of rotatable bonds is 4. The van der Waals surface area contributed by atoms with Crippen molar-refractivity contribution in [2.45, 2.75) is 77.0 Å². The van der Waals surface area contributed by atoms with Gasteiger partial charge in [0.25, 0.3) is 0 Å². The van der Waals surface area contributed by atoms with Crippen molar-refractivity contribution >= 4 is 27.7 Å². The molecule has 0 bridgehead atoms. The van der Waals surface area contributed by atoms with Crippen LogP contribution in [0, 0.1) is 17.2 Å². The largest absolute Gasteiger partial charge is 0.281 e. The molecule has 1 aliphatic heterocycles. The molecule has 5 heteroatoms. The predicted octanol–water partition coefficient (Wildman–Crippen LogP) is 4.57. The third-order valence-corrected chi connectivity index (χ3v) is 4.98. The summed E-state index contributed by atoms with van der Waals surface area (Å²) in [6, 6.07) is 2.12. The fraction of sp³-hybridized carbons (Fsp3) is 0.833. The summed E-state index contributed by atoms with van der Waals surface area (Å²) in [5.41, 5.74) is 0. The first-order valence-corrected chi connectivity index (χ1v) is 10.1. The van der Waals surface area contributed by atoms with Crippen LogP contribution >= 0.6 is 15.9 Å². The Morgan fingerprint density at radius 2 is 1.61 bits per heavy atom. The monoisotopic (exact) mass is 384 g/mol. The highest BCUT2D eigenvalue weighted by Crippen LogP contribution is 2.18. The molecular formula is C18H29BrN2O2. The van der Waals surface area contributed by atoms with Gasteiger partial charge < -0.3 is 0 Å². The zero-order valence-electron chi connectivity index (χ0n) is 14.1. The second kappa shape index (κ2) is 12.5. The minimum Gasteiger partial charge on any atom is -0.281 e. The number of halogens is 1. The minimum absolute atomic E-state index is 0.0955. The molecule has 0 saturated carbocycles. The number of nitrogens with zero attached hydrogens (tertiary/aromatic N) is 2. The third-order valence-electron chi connectivity index (χ3n) is 4.42. The Labute approximate surface area is 148 Å². The van der Waals surface area contributed by atoms with E-state index in [0.29, 0.717) is 19.4 Å². The van der Waals surface area contributed by atoms with E-state index in [0.717, 1.165) is 43.9 Å². The predicted molar refractivity (Wildman–Crippen MR) is 95.0 cm³/mol. The van der Waals surface area contributed by atoms with E-state index in [2.05, 4.69) is 22.0 Å². The lowest BCUT2D eigenvalue weighted by atomic mass is 9.98. The first-order chi connectivity index (χ1) is 11.2. The number of carbonyl (C=O) groups is 2. The van der Waals surface area contributed by atoms with Crippen LogP contribution < -0.4 is 0 Å². The molecule has 4 nitrogen and oxygen atoms in total. The Balaban J connectivity index is 2.73. The number of nitriles is 1. The standard InChI is InChI=1S/C18H29BrN2O2/c19-13-9-10-14-21-17(22)12-8-6-4-2-1-3-5-7-11-16(15-20)18(21)23/h16H,1-14H2. The van der Waals surface area contributed by atoms with Crippen LogP contribution in [0.4, 0.5) is 0 Å². The molecule has 130 valence electrons. The minimum atomic E-state index is -0.661. The second-order valence-electron chi connectivity index (χ2n) is 6.33. The van der Waals surface area contributed by atoms with E-state index < -0.39 is 5.92 Å². The van der Waals surface area contributed by atoms with Crippen LogP contribution in [0.1, 0.15) is 77.0 Å². The van der Waals surface area contributed by atoms with E-state index in [1.54, 1.807) is 0 Å². The molecule has 0 aliphatic carbocycles. The molecule has 0 radical (unpaired) electrons. The molecule has 0 aromatic carbocycles. The Bertz CT molecular complexity index is 406. The molecule has 1 fully saturated rings. The molecule has 0 aromatic rings. The topological polar surface area (TPSA) is 61.2 Å². The van der Waals surface area contributed by atoms with Gasteiger partial charge in [0.2, 0.25) is 11.8 Å². The molecule has 0 spiro atoms. The van der Waals surface area contributed by atoms with E-state index in [9.17, 15) is 14.9 Å². The van der Waals surface area contributed by atoms with E-state index in [4.69, 9.17) is 0 Å². The molecule has 1 atom stereocenters. The van der Waals surface area contributed by atoms with E-state index >= 15 is 0 Å². The van der Waals surface area contributed by atoms with Crippen LogP contribution in [0.25, 0.3) is 0 Å². The van der Waals surface area contributed by atoms with E-state index in [1.807, 2.05) is 0 Å². The average molecular weight is 385 g/mol. The summed E-state index contributed by atoms with van der Waals surface area (Å²) in [5, 5.41) is 10.2. The highest BCUT2D eigenvalue weighted by molar-refractivity contribution is 9.09. The summed E-state index contributed by atoms with van der Waals surface area (Å²) in [5.74, 6) is -1.03. The third kappa shape index (κ3) is 7.97. The Kier molecular flexibility index (Phi) is 11.0. The molecule has 1 rings (SSSR count). The van der Waals surface area contributed by atoms with Gasteiger partial charge in [0.1, 0.15) is 5.92 Å². The highest BCUT2D eigenvalue weighted by atomic mass is 79.9. The molecule has 0 N–H and O–H groups in total. The molecule has 23 heavy (non-hydrogen) atoms. The van der Waals surface area contributed by atoms with Gasteiger partial charge in [-0.3, -0.25) is 14.5 Å². The van der Waals surface area contributed by atoms with Crippen LogP contribution in [0.15, 0.2) is 0 Å². The van der Waals surface area contributed by atoms with Crippen molar-refractivity contribution in [2.75, 3.05) is 11.9 Å². The van der Waals surface area contributed by atoms with Gasteiger partial charge in [-0.15, -0.1) is 0 Å². The van der Waals surface area contributed by atoms with Crippen LogP contribution in [0.2, 0.25) is 0 Å². The van der Waals surface area contributed by atoms with Crippen molar-refractivity contribution in [1.82, 2.24) is 4.90 Å². The quantitative estimate of drug-likeness (QED) is 0.405. The Morgan fingerprint density at radius 1 is 1.00 bits per heavy atom. The van der Waals surface area contributed by atoms with Gasteiger partial charge in [-0.1, -0.05) is 60.9 Å². The zero-order chi connectivity index (χ0) is 16.9. The number of carbonyl (C=O) groups excluding carboxylic acids is 2. The number of imide groups is 1. The molecule has 1 heterocycles. The van der Waals surface area contributed by atoms with Crippen molar-refractivity contribution in [3.05, 3.63) is 0 Å². The number of hydrogen-bond acceptors (Lipinski definition) is 3. The molecule has 1 unspecified atom stereocenters. The number of unbranched alkanes of at least 4 members (excludes halogenated alkanes) is 1. The lowest BCUT2D eigenvalue weighted by Crippen LogP contribution is -2.41. The molecule has 2 amide bonds. The van der Waals surface area contributed by atoms with Gasteiger partial charge in [-0.05, 0) is 25.7 Å². The normalized spacial score (nSPS) is 22.4. The van der Waals surface area contributed by atoms with Crippen LogP contribution in [0.5, 0.6) is 0 Å². The molecule has 0 aromatic heterocycles. The van der Waals surface area contributed by atoms with Crippen molar-refractivity contribution in [3.8, 4) is 6.07 Å². The number of alkyl halides is 1. The SMILES string of the molecule is N#CC1CCCCCCCCCCC(=O)N(CCCCBr)C1=O. The van der Waals surface area contributed by atoms with Gasteiger partial charge in [0.15, 0.2) is 0 Å². The van der Waals surface area contributed by atoms with Crippen LogP contribution in [0.3, 0.4) is 0 Å². The molecule has 1 saturated heterocycles. The fourth-order valence-electron chi connectivity index (χ4n) is 2.97. The van der Waals surface area contributed by atoms with Gasteiger partial charge in [0, 0.05) is 18.3 Å². The lowest BCUT2D eigenvalue weighted by molar-refractivity contribution is -0.146. The fourth-order valence-corrected chi connectivity index (χ4v) is 3.37. The molecule has 1 aliphatic rings. The highest BCUT2D eigenvalue weighted by Gasteiger charge is 2.27. The van der Waals surface area contributed by atoms with Gasteiger partial charge in [-0.25, -0.2) is 0 Å². The van der Waals surface area contributed by atoms with Crippen molar-refractivity contribution in [2.24, 2.45) is 5.92 Å². The van der Waals surface area contributed by atoms with Gasteiger partial charge in [-0.2, -0.15) is 5.26 Å². The lowest BCUT2D eigenvalue weighted by Gasteiger charge is -2.23. The first-order valence-electron chi connectivity index (χ1n) is 9.00. The maximum atomic E-state index is 12.6. The maximum Gasteiger partial charge on any atom is 0.246 e. The number of hydrogen-bond donors (Lipinski definition) is 0. The van der Waals surface area contributed by atoms with E-state index in [-0.39, 0.29) is 11.8 Å². The maximum absolute atomic E-state index is 12.6. The summed E-state index contributed by atoms with van der Waals surface area (Å²) in [7, 11) is 0. The molecular weight excluding hydrogens is 356 g/mol. The van der Waals surface area contributed by atoms with E-state index in [1.165, 1.54) is 30.6 Å². The smallest absolute Gasteiger partial charge is 0.246 e. The van der Waals surface area contributed by atoms with Gasteiger partial charge in [0.05, 0.1) is 6.07 Å².